The molecule has 3 rings (SSSR count). The Labute approximate surface area is 174 Å². The predicted octanol–water partition coefficient (Wildman–Crippen LogP) is 3.73. The van der Waals surface area contributed by atoms with E-state index in [-0.39, 0.29) is 24.8 Å². The van der Waals surface area contributed by atoms with Gasteiger partial charge in [0.1, 0.15) is 11.5 Å². The molecule has 0 heterocycles. The molecule has 0 fully saturated rings. The van der Waals surface area contributed by atoms with Gasteiger partial charge in [-0.15, -0.1) is 0 Å². The summed E-state index contributed by atoms with van der Waals surface area (Å²) < 4.78 is 15.4. The van der Waals surface area contributed by atoms with Gasteiger partial charge in [-0.05, 0) is 48.5 Å². The topological polar surface area (TPSA) is 78.9 Å². The zero-order valence-corrected chi connectivity index (χ0v) is 16.4. The summed E-state index contributed by atoms with van der Waals surface area (Å²) in [7, 11) is 1.54. The van der Waals surface area contributed by atoms with E-state index in [2.05, 4.69) is 0 Å². The third-order valence-electron chi connectivity index (χ3n) is 4.29. The fourth-order valence-corrected chi connectivity index (χ4v) is 2.65. The second-order valence-electron chi connectivity index (χ2n) is 6.32. The molecule has 30 heavy (non-hydrogen) atoms. The third-order valence-corrected chi connectivity index (χ3v) is 4.29. The second kappa shape index (κ2) is 10.0. The van der Waals surface area contributed by atoms with Gasteiger partial charge in [-0.1, -0.05) is 30.3 Å². The summed E-state index contributed by atoms with van der Waals surface area (Å²) in [5, 5.41) is 0. The molecule has 0 spiro atoms. The summed E-state index contributed by atoms with van der Waals surface area (Å²) in [6, 6.07) is 21.9. The molecule has 6 heteroatoms. The number of rotatable bonds is 9. The summed E-state index contributed by atoms with van der Waals surface area (Å²) in [4.78, 5) is 36.3. The highest BCUT2D eigenvalue weighted by Gasteiger charge is 2.12. The van der Waals surface area contributed by atoms with Gasteiger partial charge < -0.3 is 14.2 Å². The van der Waals surface area contributed by atoms with Crippen molar-refractivity contribution in [1.29, 1.82) is 0 Å². The molecule has 0 aromatic heterocycles. The van der Waals surface area contributed by atoms with Crippen LogP contribution in [0, 0.1) is 0 Å². The number of Topliss-reactive ketones (excluding diaryl/α,β-unsaturated/α-hetero) is 1. The van der Waals surface area contributed by atoms with E-state index in [0.29, 0.717) is 28.2 Å². The van der Waals surface area contributed by atoms with Crippen LogP contribution in [0.3, 0.4) is 0 Å². The van der Waals surface area contributed by atoms with Gasteiger partial charge in [-0.25, -0.2) is 4.79 Å². The van der Waals surface area contributed by atoms with E-state index < -0.39 is 5.97 Å². The molecule has 0 saturated heterocycles. The molecule has 0 unspecified atom stereocenters. The van der Waals surface area contributed by atoms with Crippen molar-refractivity contribution >= 4 is 17.5 Å². The molecule has 152 valence electrons. The molecule has 0 radical (unpaired) electrons. The van der Waals surface area contributed by atoms with Crippen molar-refractivity contribution in [2.75, 3.05) is 20.3 Å². The molecule has 0 aliphatic rings. The quantitative estimate of drug-likeness (QED) is 0.399. The normalized spacial score (nSPS) is 10.2. The first kappa shape index (κ1) is 20.8. The smallest absolute Gasteiger partial charge is 0.344 e. The first-order valence-electron chi connectivity index (χ1n) is 9.22. The summed E-state index contributed by atoms with van der Waals surface area (Å²) in [6.07, 6.45) is 0. The standard InChI is InChI=1S/C24H20O6/c1-28-20-11-7-17(8-12-20)22(25)15-30-23(26)16-29-21-13-9-19(10-14-21)24(27)18-5-3-2-4-6-18/h2-14H,15-16H2,1H3. The van der Waals surface area contributed by atoms with Crippen molar-refractivity contribution in [3.8, 4) is 11.5 Å². The van der Waals surface area contributed by atoms with E-state index in [4.69, 9.17) is 14.2 Å². The minimum atomic E-state index is -0.665. The van der Waals surface area contributed by atoms with Crippen LogP contribution < -0.4 is 9.47 Å². The van der Waals surface area contributed by atoms with Crippen LogP contribution in [-0.4, -0.2) is 37.9 Å². The highest BCUT2D eigenvalue weighted by molar-refractivity contribution is 6.09. The van der Waals surface area contributed by atoms with E-state index in [9.17, 15) is 14.4 Å². The monoisotopic (exact) mass is 404 g/mol. The van der Waals surface area contributed by atoms with E-state index >= 15 is 0 Å². The fraction of sp³-hybridized carbons (Fsp3) is 0.125. The number of ketones is 2. The lowest BCUT2D eigenvalue weighted by molar-refractivity contribution is -0.144. The van der Waals surface area contributed by atoms with Gasteiger partial charge >= 0.3 is 5.97 Å². The van der Waals surface area contributed by atoms with Crippen LogP contribution in [0.5, 0.6) is 11.5 Å². The Kier molecular flexibility index (Phi) is 6.95. The van der Waals surface area contributed by atoms with Gasteiger partial charge in [0.2, 0.25) is 0 Å². The Hall–Kier alpha value is -3.93. The Bertz CT molecular complexity index is 1010. The lowest BCUT2D eigenvalue weighted by Crippen LogP contribution is -2.19. The molecule has 3 aromatic carbocycles. The average molecular weight is 404 g/mol. The van der Waals surface area contributed by atoms with Crippen molar-refractivity contribution in [3.05, 3.63) is 95.6 Å². The number of ether oxygens (including phenoxy) is 3. The SMILES string of the molecule is COc1ccc(C(=O)COC(=O)COc2ccc(C(=O)c3ccccc3)cc2)cc1. The summed E-state index contributed by atoms with van der Waals surface area (Å²) in [6.45, 7) is -0.721. The second-order valence-corrected chi connectivity index (χ2v) is 6.32. The van der Waals surface area contributed by atoms with Crippen LogP contribution in [0.1, 0.15) is 26.3 Å². The zero-order chi connectivity index (χ0) is 21.3. The van der Waals surface area contributed by atoms with Crippen LogP contribution in [0.15, 0.2) is 78.9 Å². The van der Waals surface area contributed by atoms with E-state index in [1.807, 2.05) is 6.07 Å². The van der Waals surface area contributed by atoms with Gasteiger partial charge in [0.05, 0.1) is 7.11 Å². The molecule has 6 nitrogen and oxygen atoms in total. The number of carbonyl (C=O) groups is 3. The number of carbonyl (C=O) groups excluding carboxylic acids is 3. The van der Waals surface area contributed by atoms with Crippen LogP contribution in [-0.2, 0) is 9.53 Å². The predicted molar refractivity (Wildman–Crippen MR) is 110 cm³/mol. The lowest BCUT2D eigenvalue weighted by atomic mass is 10.0. The van der Waals surface area contributed by atoms with Crippen LogP contribution in [0.25, 0.3) is 0 Å². The molecule has 0 bridgehead atoms. The molecule has 0 aliphatic carbocycles. The van der Waals surface area contributed by atoms with Crippen LogP contribution in [0.4, 0.5) is 0 Å². The van der Waals surface area contributed by atoms with Crippen molar-refractivity contribution in [2.24, 2.45) is 0 Å². The minimum Gasteiger partial charge on any atom is -0.497 e. The van der Waals surface area contributed by atoms with E-state index in [1.165, 1.54) is 7.11 Å². The first-order valence-corrected chi connectivity index (χ1v) is 9.22. The maximum absolute atomic E-state index is 12.4. The maximum atomic E-state index is 12.4. The highest BCUT2D eigenvalue weighted by atomic mass is 16.6. The summed E-state index contributed by atoms with van der Waals surface area (Å²) >= 11 is 0. The van der Waals surface area contributed by atoms with Gasteiger partial charge in [-0.2, -0.15) is 0 Å². The van der Waals surface area contributed by atoms with Crippen molar-refractivity contribution in [2.45, 2.75) is 0 Å². The average Bonchev–Trinajstić information content (AvgIpc) is 2.81. The molecule has 0 N–H and O–H groups in total. The minimum absolute atomic E-state index is 0.0985. The van der Waals surface area contributed by atoms with E-state index in [1.54, 1.807) is 72.8 Å². The molecule has 0 atom stereocenters. The van der Waals surface area contributed by atoms with Crippen molar-refractivity contribution in [3.63, 3.8) is 0 Å². The third kappa shape index (κ3) is 5.54. The van der Waals surface area contributed by atoms with Gasteiger partial charge in [-0.3, -0.25) is 9.59 Å². The lowest BCUT2D eigenvalue weighted by Gasteiger charge is -2.08. The number of methoxy groups -OCH3 is 1. The molecule has 0 aliphatic heterocycles. The Morgan fingerprint density at radius 3 is 1.87 bits per heavy atom. The van der Waals surface area contributed by atoms with Gasteiger partial charge in [0.15, 0.2) is 24.8 Å². The van der Waals surface area contributed by atoms with Crippen molar-refractivity contribution < 1.29 is 28.6 Å². The van der Waals surface area contributed by atoms with E-state index in [0.717, 1.165) is 0 Å². The Morgan fingerprint density at radius 1 is 0.667 bits per heavy atom. The molecule has 0 saturated carbocycles. The summed E-state index contributed by atoms with van der Waals surface area (Å²) in [5.74, 6) is -0.0406. The van der Waals surface area contributed by atoms with Gasteiger partial charge in [0.25, 0.3) is 0 Å². The van der Waals surface area contributed by atoms with Crippen molar-refractivity contribution in [1.82, 2.24) is 0 Å². The number of hydrogen-bond acceptors (Lipinski definition) is 6. The Balaban J connectivity index is 1.46. The maximum Gasteiger partial charge on any atom is 0.344 e. The first-order chi connectivity index (χ1) is 14.6. The zero-order valence-electron chi connectivity index (χ0n) is 16.4. The van der Waals surface area contributed by atoms with Crippen LogP contribution >= 0.6 is 0 Å². The van der Waals surface area contributed by atoms with Crippen LogP contribution in [0.2, 0.25) is 0 Å². The molecule has 0 amide bonds. The number of hydrogen-bond donors (Lipinski definition) is 0. The molecular weight excluding hydrogens is 384 g/mol. The number of benzene rings is 3. The largest absolute Gasteiger partial charge is 0.497 e. The molecule has 3 aromatic rings. The number of esters is 1. The fourth-order valence-electron chi connectivity index (χ4n) is 2.65. The highest BCUT2D eigenvalue weighted by Crippen LogP contribution is 2.16. The molecular formula is C24H20O6. The van der Waals surface area contributed by atoms with Gasteiger partial charge in [0, 0.05) is 16.7 Å². The summed E-state index contributed by atoms with van der Waals surface area (Å²) in [5.41, 5.74) is 1.53. The Morgan fingerprint density at radius 2 is 1.23 bits per heavy atom.